The summed E-state index contributed by atoms with van der Waals surface area (Å²) in [4.78, 5) is 0. The van der Waals surface area contributed by atoms with Gasteiger partial charge in [0.1, 0.15) is 0 Å². The number of nitrogens with zero attached hydrogens (tertiary/aromatic N) is 1. The summed E-state index contributed by atoms with van der Waals surface area (Å²) in [6.45, 7) is 0. The Morgan fingerprint density at radius 1 is 1.29 bits per heavy atom. The molecule has 0 saturated carbocycles. The number of nitrogens with one attached hydrogen (secondary N) is 1. The zero-order chi connectivity index (χ0) is 10.4. The lowest BCUT2D eigenvalue weighted by atomic mass is 10.2. The van der Waals surface area contributed by atoms with Crippen molar-refractivity contribution in [3.63, 3.8) is 0 Å². The van der Waals surface area contributed by atoms with Gasteiger partial charge in [-0.15, -0.1) is 0 Å². The van der Waals surface area contributed by atoms with E-state index < -0.39 is 10.0 Å². The first-order valence-electron chi connectivity index (χ1n) is 3.70. The van der Waals surface area contributed by atoms with Crippen molar-refractivity contribution in [1.29, 1.82) is 5.26 Å². The van der Waals surface area contributed by atoms with Gasteiger partial charge in [0.15, 0.2) is 0 Å². The molecule has 0 atom stereocenters. The van der Waals surface area contributed by atoms with E-state index in [4.69, 9.17) is 5.26 Å². The Bertz CT molecular complexity index is 457. The monoisotopic (exact) mass is 207 g/mol. The van der Waals surface area contributed by atoms with E-state index in [2.05, 4.69) is 6.20 Å². The van der Waals surface area contributed by atoms with E-state index in [1.807, 2.05) is 22.9 Å². The molecule has 0 unspecified atom stereocenters. The maximum absolute atomic E-state index is 10.6. The summed E-state index contributed by atoms with van der Waals surface area (Å²) >= 11 is 0. The fourth-order valence-electron chi connectivity index (χ4n) is 0.762. The Morgan fingerprint density at radius 3 is 2.50 bits per heavy atom. The molecule has 1 rings (SSSR count). The van der Waals surface area contributed by atoms with Gasteiger partial charge >= 0.3 is 10.0 Å². The van der Waals surface area contributed by atoms with Crippen LogP contribution in [0, 0.1) is 16.9 Å². The van der Waals surface area contributed by atoms with Crippen LogP contribution >= 0.6 is 0 Å². The zero-order valence-electron chi connectivity index (χ0n) is 7.14. The van der Waals surface area contributed by atoms with E-state index >= 15 is 0 Å². The largest absolute Gasteiger partial charge is 0.327 e. The van der Waals surface area contributed by atoms with Gasteiger partial charge in [-0.25, -0.2) is 0 Å². The number of rotatable bonds is 3. The average Bonchev–Trinajstić information content (AvgIpc) is 2.19. The van der Waals surface area contributed by atoms with E-state index in [0.717, 1.165) is 11.0 Å². The van der Waals surface area contributed by atoms with E-state index in [1.165, 1.54) is 6.08 Å². The summed E-state index contributed by atoms with van der Waals surface area (Å²) in [5.74, 6) is 0. The van der Waals surface area contributed by atoms with Gasteiger partial charge in [-0.1, -0.05) is 30.3 Å². The van der Waals surface area contributed by atoms with Crippen LogP contribution in [0.1, 0.15) is 5.56 Å². The number of benzene rings is 1. The molecule has 5 heteroatoms. The van der Waals surface area contributed by atoms with Crippen molar-refractivity contribution in [2.75, 3.05) is 0 Å². The molecule has 0 saturated heterocycles. The highest BCUT2D eigenvalue weighted by Gasteiger charge is 2.01. The molecule has 4 nitrogen and oxygen atoms in total. The lowest BCUT2D eigenvalue weighted by molar-refractivity contribution is 0.600. The van der Waals surface area contributed by atoms with Gasteiger partial charge in [-0.05, 0) is 11.6 Å². The van der Waals surface area contributed by atoms with Gasteiger partial charge in [-0.2, -0.15) is 13.7 Å². The Labute approximate surface area is 82.5 Å². The van der Waals surface area contributed by atoms with Crippen molar-refractivity contribution in [2.24, 2.45) is 0 Å². The number of hydrogen-bond donors (Lipinski definition) is 1. The first kappa shape index (κ1) is 10.3. The SMILES string of the molecule is N#CS(=O)(=O)N/[C]=C/c1ccccc1. The molecular formula is C9H7N2O2S. The second-order valence-electron chi connectivity index (χ2n) is 2.40. The Kier molecular flexibility index (Phi) is 3.26. The summed E-state index contributed by atoms with van der Waals surface area (Å²) in [7, 11) is -3.88. The molecule has 0 aromatic heterocycles. The first-order valence-corrected chi connectivity index (χ1v) is 5.19. The average molecular weight is 207 g/mol. The van der Waals surface area contributed by atoms with Gasteiger partial charge in [0, 0.05) is 0 Å². The van der Waals surface area contributed by atoms with Crippen LogP contribution in [0.3, 0.4) is 0 Å². The van der Waals surface area contributed by atoms with Crippen LogP contribution in [0.2, 0.25) is 0 Å². The van der Waals surface area contributed by atoms with Crippen LogP contribution in [0.4, 0.5) is 0 Å². The van der Waals surface area contributed by atoms with Gasteiger partial charge in [0.25, 0.3) is 0 Å². The molecule has 0 heterocycles. The molecule has 1 aromatic carbocycles. The molecule has 14 heavy (non-hydrogen) atoms. The van der Waals surface area contributed by atoms with Crippen LogP contribution in [0.15, 0.2) is 30.3 Å². The van der Waals surface area contributed by atoms with Crippen molar-refractivity contribution >= 4 is 16.1 Å². The van der Waals surface area contributed by atoms with Crippen LogP contribution < -0.4 is 4.72 Å². The van der Waals surface area contributed by atoms with Gasteiger partial charge in [0.05, 0.1) is 6.20 Å². The highest BCUT2D eigenvalue weighted by Crippen LogP contribution is 1.99. The summed E-state index contributed by atoms with van der Waals surface area (Å²) in [6, 6.07) is 9.04. The molecule has 1 N–H and O–H groups in total. The highest BCUT2D eigenvalue weighted by atomic mass is 32.2. The summed E-state index contributed by atoms with van der Waals surface area (Å²) in [5, 5.41) is 9.24. The molecule has 1 aromatic rings. The highest BCUT2D eigenvalue weighted by molar-refractivity contribution is 7.94. The Balaban J connectivity index is 2.65. The molecule has 0 aliphatic rings. The summed E-state index contributed by atoms with van der Waals surface area (Å²) in [6.07, 6.45) is 3.75. The smallest absolute Gasteiger partial charge is 0.270 e. The third kappa shape index (κ3) is 3.29. The third-order valence-electron chi connectivity index (χ3n) is 1.35. The molecule has 0 amide bonds. The van der Waals surface area contributed by atoms with Gasteiger partial charge in [0.2, 0.25) is 5.40 Å². The lowest BCUT2D eigenvalue weighted by Crippen LogP contribution is -2.14. The number of nitriles is 1. The van der Waals surface area contributed by atoms with Crippen LogP contribution in [-0.4, -0.2) is 8.42 Å². The van der Waals surface area contributed by atoms with Crippen molar-refractivity contribution in [3.8, 4) is 5.40 Å². The molecule has 1 radical (unpaired) electrons. The second kappa shape index (κ2) is 4.44. The van der Waals surface area contributed by atoms with Crippen LogP contribution in [0.25, 0.3) is 6.08 Å². The third-order valence-corrected chi connectivity index (χ3v) is 1.98. The molecular weight excluding hydrogens is 200 g/mol. The molecule has 0 spiro atoms. The summed E-state index contributed by atoms with van der Waals surface area (Å²) < 4.78 is 23.1. The minimum Gasteiger partial charge on any atom is -0.270 e. The van der Waals surface area contributed by atoms with Gasteiger partial charge < -0.3 is 0 Å². The number of thiocyanates is 1. The first-order chi connectivity index (χ1) is 6.64. The zero-order valence-corrected chi connectivity index (χ0v) is 7.95. The van der Waals surface area contributed by atoms with Crippen molar-refractivity contribution in [1.82, 2.24) is 4.72 Å². The van der Waals surface area contributed by atoms with Crippen molar-refractivity contribution < 1.29 is 8.42 Å². The lowest BCUT2D eigenvalue weighted by Gasteiger charge is -1.92. The number of hydrogen-bond acceptors (Lipinski definition) is 3. The standard InChI is InChI=1S/C9H7N2O2S/c10-8-14(12,13)11-7-6-9-4-2-1-3-5-9/h1-6,11H. The van der Waals surface area contributed by atoms with Gasteiger partial charge in [-0.3, -0.25) is 4.72 Å². The predicted octanol–water partition coefficient (Wildman–Crippen LogP) is 0.861. The fraction of sp³-hybridized carbons (Fsp3) is 0. The van der Waals surface area contributed by atoms with E-state index in [1.54, 1.807) is 12.1 Å². The molecule has 0 bridgehead atoms. The van der Waals surface area contributed by atoms with E-state index in [-0.39, 0.29) is 0 Å². The number of sulfonamides is 1. The van der Waals surface area contributed by atoms with E-state index in [9.17, 15) is 8.42 Å². The molecule has 0 fully saturated rings. The minimum atomic E-state index is -3.88. The second-order valence-corrected chi connectivity index (χ2v) is 3.79. The Hall–Kier alpha value is -1.80. The maximum atomic E-state index is 10.6. The van der Waals surface area contributed by atoms with Crippen LogP contribution in [0.5, 0.6) is 0 Å². The summed E-state index contributed by atoms with van der Waals surface area (Å²) in [5.41, 5.74) is 0.799. The normalized spacial score (nSPS) is 11.1. The molecule has 0 aliphatic heterocycles. The maximum Gasteiger partial charge on any atom is 0.327 e. The molecule has 0 aliphatic carbocycles. The predicted molar refractivity (Wildman–Crippen MR) is 51.8 cm³/mol. The minimum absolute atomic E-state index is 0.799. The van der Waals surface area contributed by atoms with Crippen LogP contribution in [-0.2, 0) is 10.0 Å². The van der Waals surface area contributed by atoms with Crippen molar-refractivity contribution in [3.05, 3.63) is 42.1 Å². The molecule has 71 valence electrons. The van der Waals surface area contributed by atoms with Crippen molar-refractivity contribution in [2.45, 2.75) is 0 Å². The quantitative estimate of drug-likeness (QED) is 0.454. The fourth-order valence-corrected chi connectivity index (χ4v) is 1.02. The van der Waals surface area contributed by atoms with E-state index in [0.29, 0.717) is 0 Å². The Morgan fingerprint density at radius 2 is 1.93 bits per heavy atom. The topological polar surface area (TPSA) is 70.0 Å².